The lowest BCUT2D eigenvalue weighted by Gasteiger charge is -2.27. The van der Waals surface area contributed by atoms with Gasteiger partial charge in [-0.25, -0.2) is 4.79 Å². The number of aromatic amines is 1. The number of alkyl halides is 3. The van der Waals surface area contributed by atoms with Crippen LogP contribution in [0.5, 0.6) is 11.5 Å². The lowest BCUT2D eigenvalue weighted by atomic mass is 10.00. The number of benzene rings is 2. The van der Waals surface area contributed by atoms with Crippen molar-refractivity contribution in [1.82, 2.24) is 15.1 Å². The Balaban J connectivity index is 1.37. The quantitative estimate of drug-likeness (QED) is 0.362. The molecule has 0 bridgehead atoms. The average Bonchev–Trinajstić information content (AvgIpc) is 3.23. The number of H-pyrrole nitrogens is 1. The summed E-state index contributed by atoms with van der Waals surface area (Å²) in [6, 6.07) is 9.32. The maximum absolute atomic E-state index is 12.1. The fraction of sp³-hybridized carbons (Fsp3) is 0.261. The largest absolute Gasteiger partial charge is 0.507 e. The highest BCUT2D eigenvalue weighted by Crippen LogP contribution is 2.39. The van der Waals surface area contributed by atoms with E-state index in [0.717, 1.165) is 23.4 Å². The summed E-state index contributed by atoms with van der Waals surface area (Å²) >= 11 is 6.01. The number of phenolic OH excluding ortho intramolecular Hbond substituents is 2. The van der Waals surface area contributed by atoms with Gasteiger partial charge in [-0.3, -0.25) is 14.8 Å². The van der Waals surface area contributed by atoms with Crippen molar-refractivity contribution in [2.24, 2.45) is 0 Å². The summed E-state index contributed by atoms with van der Waals surface area (Å²) in [5.74, 6) is -3.70. The Morgan fingerprint density at radius 1 is 1.17 bits per heavy atom. The fourth-order valence-electron chi connectivity index (χ4n) is 3.81. The van der Waals surface area contributed by atoms with Crippen LogP contribution < -0.4 is 5.32 Å². The van der Waals surface area contributed by atoms with E-state index in [1.807, 2.05) is 0 Å². The van der Waals surface area contributed by atoms with Crippen molar-refractivity contribution in [2.45, 2.75) is 25.7 Å². The van der Waals surface area contributed by atoms with Gasteiger partial charge in [0.2, 0.25) is 0 Å². The van der Waals surface area contributed by atoms with E-state index in [-0.39, 0.29) is 16.5 Å². The van der Waals surface area contributed by atoms with Crippen LogP contribution in [0.2, 0.25) is 5.02 Å². The zero-order chi connectivity index (χ0) is 26.0. The van der Waals surface area contributed by atoms with Crippen LogP contribution in [0, 0.1) is 0 Å². The Morgan fingerprint density at radius 2 is 1.89 bits per heavy atom. The van der Waals surface area contributed by atoms with E-state index in [9.17, 15) is 33.0 Å². The summed E-state index contributed by atoms with van der Waals surface area (Å²) in [6.07, 6.45) is -4.47. The maximum Gasteiger partial charge on any atom is 0.490 e. The number of fused-ring (bicyclic) bond motifs is 1. The van der Waals surface area contributed by atoms with Crippen molar-refractivity contribution >= 4 is 29.2 Å². The van der Waals surface area contributed by atoms with E-state index in [4.69, 9.17) is 11.6 Å². The molecule has 0 aliphatic carbocycles. The molecule has 3 aromatic rings. The molecule has 0 spiro atoms. The molecule has 1 amide bonds. The molecule has 0 radical (unpaired) electrons. The summed E-state index contributed by atoms with van der Waals surface area (Å²) in [5, 5.41) is 29.8. The number of nitrogens with one attached hydrogen (secondary N) is 2. The first-order valence-electron chi connectivity index (χ1n) is 10.6. The highest BCUT2D eigenvalue weighted by atomic mass is 35.5. The SMILES string of the molecule is O=C(COC(=O)C(F)(F)F)Nc1ccc(CN2CCc3[nH]nc(-c4cc(Cl)c(O)cc4O)c3C2)cc1. The number of hydrogen-bond donors (Lipinski definition) is 4. The molecule has 0 saturated heterocycles. The van der Waals surface area contributed by atoms with E-state index in [1.165, 1.54) is 12.1 Å². The normalized spacial score (nSPS) is 13.8. The number of aromatic hydroxyl groups is 2. The summed E-state index contributed by atoms with van der Waals surface area (Å²) in [4.78, 5) is 24.6. The smallest absolute Gasteiger partial charge is 0.490 e. The molecule has 0 unspecified atom stereocenters. The van der Waals surface area contributed by atoms with Gasteiger partial charge in [-0.15, -0.1) is 0 Å². The number of esters is 1. The third kappa shape index (κ3) is 5.71. The number of hydrogen-bond acceptors (Lipinski definition) is 7. The molecule has 190 valence electrons. The zero-order valence-corrected chi connectivity index (χ0v) is 19.3. The van der Waals surface area contributed by atoms with Crippen LogP contribution in [-0.4, -0.2) is 56.5 Å². The maximum atomic E-state index is 12.1. The Bertz CT molecular complexity index is 1290. The molecule has 4 N–H and O–H groups in total. The number of rotatable bonds is 6. The van der Waals surface area contributed by atoms with E-state index in [2.05, 4.69) is 25.2 Å². The van der Waals surface area contributed by atoms with Gasteiger partial charge in [-0.05, 0) is 23.8 Å². The lowest BCUT2D eigenvalue weighted by molar-refractivity contribution is -0.199. The molecule has 1 aromatic heterocycles. The van der Waals surface area contributed by atoms with Crippen LogP contribution in [0.1, 0.15) is 16.8 Å². The fourth-order valence-corrected chi connectivity index (χ4v) is 3.97. The minimum Gasteiger partial charge on any atom is -0.507 e. The van der Waals surface area contributed by atoms with Gasteiger partial charge < -0.3 is 20.3 Å². The number of amides is 1. The van der Waals surface area contributed by atoms with E-state index < -0.39 is 24.7 Å². The number of nitrogens with zero attached hydrogens (tertiary/aromatic N) is 2. The second-order valence-corrected chi connectivity index (χ2v) is 8.54. The average molecular weight is 525 g/mol. The predicted molar refractivity (Wildman–Crippen MR) is 122 cm³/mol. The molecule has 9 nitrogen and oxygen atoms in total. The molecule has 0 saturated carbocycles. The topological polar surface area (TPSA) is 128 Å². The Labute approximate surface area is 207 Å². The molecule has 2 heterocycles. The second kappa shape index (κ2) is 10.1. The highest BCUT2D eigenvalue weighted by molar-refractivity contribution is 6.32. The third-order valence-corrected chi connectivity index (χ3v) is 5.85. The van der Waals surface area contributed by atoms with Gasteiger partial charge in [0.15, 0.2) is 6.61 Å². The first-order valence-corrected chi connectivity index (χ1v) is 11.0. The van der Waals surface area contributed by atoms with Crippen molar-refractivity contribution in [3.63, 3.8) is 0 Å². The van der Waals surface area contributed by atoms with Gasteiger partial charge in [0.25, 0.3) is 5.91 Å². The summed E-state index contributed by atoms with van der Waals surface area (Å²) in [6.45, 7) is 0.775. The number of ether oxygens (including phenoxy) is 1. The van der Waals surface area contributed by atoms with Crippen LogP contribution in [0.15, 0.2) is 36.4 Å². The number of phenols is 2. The van der Waals surface area contributed by atoms with Crippen molar-refractivity contribution in [1.29, 1.82) is 0 Å². The molecular weight excluding hydrogens is 505 g/mol. The molecule has 1 aliphatic heterocycles. The first kappa shape index (κ1) is 25.3. The highest BCUT2D eigenvalue weighted by Gasteiger charge is 2.41. The number of halogens is 4. The minimum absolute atomic E-state index is 0.0953. The van der Waals surface area contributed by atoms with Gasteiger partial charge in [0.1, 0.15) is 17.2 Å². The Hall–Kier alpha value is -3.77. The molecule has 4 rings (SSSR count). The monoisotopic (exact) mass is 524 g/mol. The van der Waals surface area contributed by atoms with Gasteiger partial charge in [-0.1, -0.05) is 23.7 Å². The molecule has 13 heteroatoms. The second-order valence-electron chi connectivity index (χ2n) is 8.13. The van der Waals surface area contributed by atoms with Crippen LogP contribution in [0.3, 0.4) is 0 Å². The zero-order valence-electron chi connectivity index (χ0n) is 18.5. The van der Waals surface area contributed by atoms with Crippen LogP contribution in [0.25, 0.3) is 11.3 Å². The molecule has 0 fully saturated rings. The molecule has 1 aliphatic rings. The molecule has 0 atom stereocenters. The molecule has 2 aromatic carbocycles. The Morgan fingerprint density at radius 3 is 2.58 bits per heavy atom. The molecular formula is C23H20ClF3N4O5. The molecule has 36 heavy (non-hydrogen) atoms. The van der Waals surface area contributed by atoms with E-state index in [0.29, 0.717) is 36.5 Å². The standard InChI is InChI=1S/C23H20ClF3N4O5/c24-16-7-14(18(32)8-19(16)33)21-15-10-31(6-5-17(15)29-30-21)9-12-1-3-13(4-2-12)28-20(34)11-36-22(35)23(25,26)27/h1-4,7-8,32-33H,5-6,9-11H2,(H,28,34)(H,29,30). The minimum atomic E-state index is -5.16. The van der Waals surface area contributed by atoms with Gasteiger partial charge >= 0.3 is 12.1 Å². The van der Waals surface area contributed by atoms with Gasteiger partial charge in [0, 0.05) is 54.6 Å². The van der Waals surface area contributed by atoms with E-state index in [1.54, 1.807) is 24.3 Å². The summed E-state index contributed by atoms with van der Waals surface area (Å²) < 4.78 is 40.4. The van der Waals surface area contributed by atoms with Gasteiger partial charge in [0.05, 0.1) is 5.02 Å². The van der Waals surface area contributed by atoms with Gasteiger partial charge in [-0.2, -0.15) is 18.3 Å². The lowest BCUT2D eigenvalue weighted by Crippen LogP contribution is -2.30. The number of anilines is 1. The Kier molecular flexibility index (Phi) is 7.09. The van der Waals surface area contributed by atoms with Crippen molar-refractivity contribution in [3.8, 4) is 22.8 Å². The number of aromatic nitrogens is 2. The van der Waals surface area contributed by atoms with Crippen LogP contribution >= 0.6 is 11.6 Å². The van der Waals surface area contributed by atoms with Crippen molar-refractivity contribution < 1.29 is 37.7 Å². The van der Waals surface area contributed by atoms with Crippen molar-refractivity contribution in [2.75, 3.05) is 18.5 Å². The number of carbonyl (C=O) groups is 2. The number of carbonyl (C=O) groups excluding carboxylic acids is 2. The van der Waals surface area contributed by atoms with E-state index >= 15 is 0 Å². The predicted octanol–water partition coefficient (Wildman–Crippen LogP) is 3.74. The summed E-state index contributed by atoms with van der Waals surface area (Å²) in [7, 11) is 0. The van der Waals surface area contributed by atoms with Crippen molar-refractivity contribution in [3.05, 3.63) is 58.2 Å². The summed E-state index contributed by atoms with van der Waals surface area (Å²) in [5.41, 5.74) is 4.03. The van der Waals surface area contributed by atoms with Crippen LogP contribution in [-0.2, 0) is 33.8 Å². The first-order chi connectivity index (χ1) is 17.0. The third-order valence-electron chi connectivity index (χ3n) is 5.54. The van der Waals surface area contributed by atoms with Crippen LogP contribution in [0.4, 0.5) is 18.9 Å².